The molecule has 1 N–H and O–H groups in total. The molecule has 6 heteroatoms. The van der Waals surface area contributed by atoms with Crippen LogP contribution in [0.1, 0.15) is 20.8 Å². The van der Waals surface area contributed by atoms with Crippen LogP contribution in [0.2, 0.25) is 0 Å². The fourth-order valence-electron chi connectivity index (χ4n) is 1.61. The van der Waals surface area contributed by atoms with Gasteiger partial charge in [-0.15, -0.1) is 18.2 Å². The molecule has 1 rings (SSSR count). The topological polar surface area (TPSA) is 53.9 Å². The molecule has 1 amide bonds. The first-order valence-electron chi connectivity index (χ1n) is 6.68. The lowest BCUT2D eigenvalue weighted by molar-refractivity contribution is 0.0276. The number of nitrogens with one attached hydrogen (secondary N) is 1. The van der Waals surface area contributed by atoms with E-state index in [0.717, 1.165) is 23.9 Å². The molecule has 0 spiro atoms. The molecule has 0 aromatic heterocycles. The molecule has 1 aliphatic rings. The van der Waals surface area contributed by atoms with Gasteiger partial charge in [0, 0.05) is 18.8 Å². The number of carbonyl (C=O) groups is 1. The molecule has 0 unspecified atom stereocenters. The zero-order valence-electron chi connectivity index (χ0n) is 12.4. The van der Waals surface area contributed by atoms with Crippen molar-refractivity contribution in [3.8, 4) is 12.3 Å². The monoisotopic (exact) mass is 297 g/mol. The van der Waals surface area contributed by atoms with E-state index in [0.29, 0.717) is 19.6 Å². The normalized spacial score (nSPS) is 15.3. The van der Waals surface area contributed by atoms with Crippen LogP contribution in [0, 0.1) is 12.3 Å². The summed E-state index contributed by atoms with van der Waals surface area (Å²) in [7, 11) is 0. The summed E-state index contributed by atoms with van der Waals surface area (Å²) >= 11 is 1.70. The molecule has 112 valence electrons. The van der Waals surface area contributed by atoms with E-state index in [9.17, 15) is 4.79 Å². The molecule has 0 fully saturated rings. The highest BCUT2D eigenvalue weighted by molar-refractivity contribution is 7.99. The van der Waals surface area contributed by atoms with Gasteiger partial charge in [-0.1, -0.05) is 5.92 Å². The lowest BCUT2D eigenvalue weighted by atomic mass is 10.2. The lowest BCUT2D eigenvalue weighted by Crippen LogP contribution is -2.47. The maximum atomic E-state index is 12.0. The second-order valence-electron chi connectivity index (χ2n) is 5.41. The van der Waals surface area contributed by atoms with Crippen molar-refractivity contribution in [2.24, 2.45) is 4.99 Å². The first kappa shape index (κ1) is 16.7. The highest BCUT2D eigenvalue weighted by Crippen LogP contribution is 2.10. The first-order chi connectivity index (χ1) is 9.42. The van der Waals surface area contributed by atoms with Gasteiger partial charge in [0.25, 0.3) is 0 Å². The minimum atomic E-state index is -0.467. The van der Waals surface area contributed by atoms with Crippen LogP contribution in [0.25, 0.3) is 0 Å². The van der Waals surface area contributed by atoms with Crippen LogP contribution in [0.5, 0.6) is 0 Å². The van der Waals surface area contributed by atoms with Crippen LogP contribution in [0.4, 0.5) is 4.79 Å². The fourth-order valence-corrected chi connectivity index (χ4v) is 2.12. The summed E-state index contributed by atoms with van der Waals surface area (Å²) in [5.41, 5.74) is -0.467. The fraction of sp³-hybridized carbons (Fsp3) is 0.714. The summed E-state index contributed by atoms with van der Waals surface area (Å²) in [5.74, 6) is 5.07. The standard InChI is InChI=1S/C14H23N3O2S/c1-5-9-20-10-7-16-12-11-17(8-6-15-12)13(18)19-14(2,3)4/h1H,6-11H2,2-4H3,(H,15,16). The Morgan fingerprint density at radius 3 is 3.00 bits per heavy atom. The molecular formula is C14H23N3O2S. The van der Waals surface area contributed by atoms with Gasteiger partial charge in [-0.05, 0) is 20.8 Å². The quantitative estimate of drug-likeness (QED) is 0.632. The van der Waals surface area contributed by atoms with Crippen molar-refractivity contribution in [2.45, 2.75) is 26.4 Å². The number of amides is 1. The summed E-state index contributed by atoms with van der Waals surface area (Å²) in [5, 5.41) is 3.24. The van der Waals surface area contributed by atoms with Gasteiger partial charge in [-0.2, -0.15) is 0 Å². The Morgan fingerprint density at radius 2 is 2.35 bits per heavy atom. The van der Waals surface area contributed by atoms with E-state index in [1.165, 1.54) is 0 Å². The zero-order chi connectivity index (χ0) is 15.0. The minimum absolute atomic E-state index is 0.284. The average molecular weight is 297 g/mol. The summed E-state index contributed by atoms with van der Waals surface area (Å²) in [6.07, 6.45) is 4.90. The molecule has 0 aromatic rings. The Morgan fingerprint density at radius 1 is 1.60 bits per heavy atom. The third kappa shape index (κ3) is 6.71. The Balaban J connectivity index is 2.33. The van der Waals surface area contributed by atoms with Gasteiger partial charge >= 0.3 is 6.09 Å². The van der Waals surface area contributed by atoms with Crippen molar-refractivity contribution in [1.82, 2.24) is 10.2 Å². The lowest BCUT2D eigenvalue weighted by Gasteiger charge is -2.29. The van der Waals surface area contributed by atoms with Gasteiger partial charge in [0.15, 0.2) is 0 Å². The van der Waals surface area contributed by atoms with Gasteiger partial charge in [-0.25, -0.2) is 4.79 Å². The number of ether oxygens (including phenoxy) is 1. The van der Waals surface area contributed by atoms with Crippen LogP contribution < -0.4 is 5.32 Å². The number of terminal acetylenes is 1. The van der Waals surface area contributed by atoms with Crippen molar-refractivity contribution in [2.75, 3.05) is 37.7 Å². The van der Waals surface area contributed by atoms with Crippen LogP contribution in [0.3, 0.4) is 0 Å². The molecule has 20 heavy (non-hydrogen) atoms. The molecule has 0 atom stereocenters. The number of amidine groups is 1. The van der Waals surface area contributed by atoms with Gasteiger partial charge in [0.2, 0.25) is 0 Å². The Labute approximate surface area is 125 Å². The van der Waals surface area contributed by atoms with E-state index in [1.54, 1.807) is 16.7 Å². The second-order valence-corrected chi connectivity index (χ2v) is 6.52. The number of rotatable bonds is 4. The summed E-state index contributed by atoms with van der Waals surface area (Å²) in [6, 6.07) is 0. The smallest absolute Gasteiger partial charge is 0.410 e. The minimum Gasteiger partial charge on any atom is -0.444 e. The van der Waals surface area contributed by atoms with Gasteiger partial charge < -0.3 is 10.1 Å². The zero-order valence-corrected chi connectivity index (χ0v) is 13.3. The van der Waals surface area contributed by atoms with Crippen molar-refractivity contribution >= 4 is 23.7 Å². The van der Waals surface area contributed by atoms with E-state index in [1.807, 2.05) is 20.8 Å². The van der Waals surface area contributed by atoms with Crippen molar-refractivity contribution in [1.29, 1.82) is 0 Å². The van der Waals surface area contributed by atoms with Gasteiger partial charge in [0.05, 0.1) is 18.8 Å². The Hall–Kier alpha value is -1.35. The number of aliphatic imine (C=N–C) groups is 1. The number of carbonyl (C=O) groups excluding carboxylic acids is 1. The third-order valence-corrected chi connectivity index (χ3v) is 3.29. The summed E-state index contributed by atoms with van der Waals surface area (Å²) in [6.45, 7) is 8.09. The molecule has 0 saturated heterocycles. The Kier molecular flexibility index (Phi) is 6.73. The van der Waals surface area contributed by atoms with E-state index >= 15 is 0 Å². The van der Waals surface area contributed by atoms with Crippen LogP contribution in [-0.4, -0.2) is 60.1 Å². The van der Waals surface area contributed by atoms with E-state index < -0.39 is 5.60 Å². The summed E-state index contributed by atoms with van der Waals surface area (Å²) in [4.78, 5) is 18.0. The van der Waals surface area contributed by atoms with Crippen LogP contribution in [0.15, 0.2) is 4.99 Å². The molecule has 0 aliphatic carbocycles. The molecule has 0 saturated carbocycles. The average Bonchev–Trinajstić information content (AvgIpc) is 2.37. The predicted molar refractivity (Wildman–Crippen MR) is 84.3 cm³/mol. The molecule has 0 radical (unpaired) electrons. The van der Waals surface area contributed by atoms with E-state index in [4.69, 9.17) is 11.2 Å². The highest BCUT2D eigenvalue weighted by atomic mass is 32.2. The first-order valence-corrected chi connectivity index (χ1v) is 7.84. The number of thioether (sulfide) groups is 1. The van der Waals surface area contributed by atoms with Crippen LogP contribution >= 0.6 is 11.8 Å². The molecule has 5 nitrogen and oxygen atoms in total. The molecule has 1 heterocycles. The van der Waals surface area contributed by atoms with Gasteiger partial charge in [0.1, 0.15) is 11.4 Å². The highest BCUT2D eigenvalue weighted by Gasteiger charge is 2.24. The molecule has 1 aliphatic heterocycles. The Bertz CT molecular complexity index is 396. The molecule has 0 bridgehead atoms. The maximum absolute atomic E-state index is 12.0. The number of hydrogen-bond donors (Lipinski definition) is 1. The molecule has 0 aromatic carbocycles. The number of nitrogens with zero attached hydrogens (tertiary/aromatic N) is 2. The SMILES string of the molecule is C#CCSCCNC1=NCCN(C(=O)OC(C)(C)C)C1. The maximum Gasteiger partial charge on any atom is 0.410 e. The van der Waals surface area contributed by atoms with Crippen LogP contribution in [-0.2, 0) is 4.74 Å². The molecular weight excluding hydrogens is 274 g/mol. The van der Waals surface area contributed by atoms with Crippen molar-refractivity contribution < 1.29 is 9.53 Å². The van der Waals surface area contributed by atoms with Crippen molar-refractivity contribution in [3.05, 3.63) is 0 Å². The largest absolute Gasteiger partial charge is 0.444 e. The van der Waals surface area contributed by atoms with Crippen molar-refractivity contribution in [3.63, 3.8) is 0 Å². The summed E-state index contributed by atoms with van der Waals surface area (Å²) < 4.78 is 5.36. The van der Waals surface area contributed by atoms with E-state index in [2.05, 4.69) is 16.2 Å². The third-order valence-electron chi connectivity index (χ3n) is 2.43. The predicted octanol–water partition coefficient (Wildman–Crippen LogP) is 1.59. The second kappa shape index (κ2) is 8.05. The van der Waals surface area contributed by atoms with E-state index in [-0.39, 0.29) is 6.09 Å². The van der Waals surface area contributed by atoms with Gasteiger partial charge in [-0.3, -0.25) is 9.89 Å². The number of hydrogen-bond acceptors (Lipinski definition) is 5.